The summed E-state index contributed by atoms with van der Waals surface area (Å²) in [6, 6.07) is 8.71. The van der Waals surface area contributed by atoms with Crippen molar-refractivity contribution in [2.45, 2.75) is 45.3 Å². The maximum Gasteiger partial charge on any atom is 0.123 e. The van der Waals surface area contributed by atoms with Crippen molar-refractivity contribution >= 4 is 0 Å². The molecule has 1 aliphatic rings. The van der Waals surface area contributed by atoms with E-state index in [0.29, 0.717) is 6.04 Å². The smallest absolute Gasteiger partial charge is 0.123 e. The second-order valence-electron chi connectivity index (χ2n) is 4.94. The molecule has 0 radical (unpaired) electrons. The number of rotatable bonds is 6. The van der Waals surface area contributed by atoms with Crippen LogP contribution in [0.3, 0.4) is 0 Å². The Kier molecular flexibility index (Phi) is 4.43. The van der Waals surface area contributed by atoms with Crippen LogP contribution < -0.4 is 10.1 Å². The van der Waals surface area contributed by atoms with Gasteiger partial charge in [-0.1, -0.05) is 44.2 Å². The lowest BCUT2D eigenvalue weighted by Crippen LogP contribution is -2.42. The number of hydrogen-bond acceptors (Lipinski definition) is 2. The Balaban J connectivity index is 2.03. The van der Waals surface area contributed by atoms with E-state index < -0.39 is 0 Å². The van der Waals surface area contributed by atoms with Crippen molar-refractivity contribution in [3.63, 3.8) is 0 Å². The molecule has 0 saturated heterocycles. The fraction of sp³-hybridized carbons (Fsp3) is 0.500. The molecule has 1 aromatic carbocycles. The van der Waals surface area contributed by atoms with E-state index in [-0.39, 0.29) is 6.10 Å². The first-order valence-electron chi connectivity index (χ1n) is 6.89. The molecule has 1 N–H and O–H groups in total. The molecule has 2 heteroatoms. The summed E-state index contributed by atoms with van der Waals surface area (Å²) in [5, 5.41) is 3.54. The lowest BCUT2D eigenvalue weighted by molar-refractivity contribution is 0.177. The minimum atomic E-state index is 0.241. The summed E-state index contributed by atoms with van der Waals surface area (Å²) in [7, 11) is 0. The SMILES string of the molecule is C=C(CC)CC(NCC)C1Cc2ccccc2O1. The Labute approximate surface area is 110 Å². The van der Waals surface area contributed by atoms with Crippen LogP contribution in [0.5, 0.6) is 5.75 Å². The predicted molar refractivity (Wildman–Crippen MR) is 76.1 cm³/mol. The molecule has 1 aliphatic heterocycles. The largest absolute Gasteiger partial charge is 0.488 e. The van der Waals surface area contributed by atoms with Crippen LogP contribution in [0.4, 0.5) is 0 Å². The Hall–Kier alpha value is -1.28. The van der Waals surface area contributed by atoms with Crippen molar-refractivity contribution in [3.05, 3.63) is 42.0 Å². The van der Waals surface area contributed by atoms with E-state index in [0.717, 1.165) is 31.6 Å². The highest BCUT2D eigenvalue weighted by Gasteiger charge is 2.29. The van der Waals surface area contributed by atoms with Gasteiger partial charge in [0.25, 0.3) is 0 Å². The highest BCUT2D eigenvalue weighted by Crippen LogP contribution is 2.30. The standard InChI is InChI=1S/C16H23NO/c1-4-12(3)10-14(17-5-2)16-11-13-8-6-7-9-15(13)18-16/h6-9,14,16-17H,3-5,10-11H2,1-2H3. The van der Waals surface area contributed by atoms with Gasteiger partial charge in [-0.25, -0.2) is 0 Å². The van der Waals surface area contributed by atoms with Gasteiger partial charge in [-0.3, -0.25) is 0 Å². The van der Waals surface area contributed by atoms with Crippen LogP contribution in [0.2, 0.25) is 0 Å². The van der Waals surface area contributed by atoms with Gasteiger partial charge in [0.05, 0.1) is 0 Å². The van der Waals surface area contributed by atoms with Gasteiger partial charge in [-0.2, -0.15) is 0 Å². The normalized spacial score (nSPS) is 19.1. The fourth-order valence-electron chi connectivity index (χ4n) is 2.49. The monoisotopic (exact) mass is 245 g/mol. The zero-order valence-electron chi connectivity index (χ0n) is 11.4. The molecule has 2 rings (SSSR count). The summed E-state index contributed by atoms with van der Waals surface area (Å²) in [4.78, 5) is 0. The summed E-state index contributed by atoms with van der Waals surface area (Å²) in [5.74, 6) is 1.05. The first-order valence-corrected chi connectivity index (χ1v) is 6.89. The molecule has 0 saturated carbocycles. The van der Waals surface area contributed by atoms with Gasteiger partial charge in [-0.15, -0.1) is 0 Å². The molecule has 98 valence electrons. The van der Waals surface area contributed by atoms with Crippen molar-refractivity contribution in [2.24, 2.45) is 0 Å². The molecule has 0 aromatic heterocycles. The molecule has 0 amide bonds. The number of fused-ring (bicyclic) bond motifs is 1. The first kappa shape index (κ1) is 13.2. The fourth-order valence-corrected chi connectivity index (χ4v) is 2.49. The van der Waals surface area contributed by atoms with E-state index in [1.165, 1.54) is 11.1 Å². The zero-order valence-corrected chi connectivity index (χ0v) is 11.4. The molecule has 1 heterocycles. The summed E-state index contributed by atoms with van der Waals surface area (Å²) < 4.78 is 6.06. The lowest BCUT2D eigenvalue weighted by atomic mass is 9.97. The molecular formula is C16H23NO. The molecule has 2 atom stereocenters. The second-order valence-corrected chi connectivity index (χ2v) is 4.94. The van der Waals surface area contributed by atoms with Crippen LogP contribution in [0, 0.1) is 0 Å². The van der Waals surface area contributed by atoms with Crippen LogP contribution in [0.25, 0.3) is 0 Å². The van der Waals surface area contributed by atoms with Crippen molar-refractivity contribution in [1.29, 1.82) is 0 Å². The average Bonchev–Trinajstić information content (AvgIpc) is 2.81. The van der Waals surface area contributed by atoms with Gasteiger partial charge < -0.3 is 10.1 Å². The number of ether oxygens (including phenoxy) is 1. The van der Waals surface area contributed by atoms with Crippen LogP contribution >= 0.6 is 0 Å². The highest BCUT2D eigenvalue weighted by atomic mass is 16.5. The third-order valence-electron chi connectivity index (χ3n) is 3.60. The maximum absolute atomic E-state index is 6.06. The Bertz CT molecular complexity index is 388. The van der Waals surface area contributed by atoms with Crippen molar-refractivity contribution in [1.82, 2.24) is 5.32 Å². The maximum atomic E-state index is 6.06. The molecule has 2 nitrogen and oxygen atoms in total. The molecule has 18 heavy (non-hydrogen) atoms. The Morgan fingerprint density at radius 2 is 2.22 bits per heavy atom. The molecular weight excluding hydrogens is 222 g/mol. The minimum Gasteiger partial charge on any atom is -0.488 e. The average molecular weight is 245 g/mol. The molecule has 1 aromatic rings. The first-order chi connectivity index (χ1) is 8.74. The van der Waals surface area contributed by atoms with Crippen molar-refractivity contribution < 1.29 is 4.74 Å². The summed E-state index contributed by atoms with van der Waals surface area (Å²) in [6.07, 6.45) is 3.29. The second kappa shape index (κ2) is 6.05. The Morgan fingerprint density at radius 1 is 1.44 bits per heavy atom. The molecule has 2 unspecified atom stereocenters. The molecule has 0 aliphatic carbocycles. The third-order valence-corrected chi connectivity index (χ3v) is 3.60. The number of nitrogens with one attached hydrogen (secondary N) is 1. The number of likely N-dealkylation sites (N-methyl/N-ethyl adjacent to an activating group) is 1. The van der Waals surface area contributed by atoms with Crippen LogP contribution in [0.1, 0.15) is 32.3 Å². The van der Waals surface area contributed by atoms with Gasteiger partial charge in [0.15, 0.2) is 0 Å². The van der Waals surface area contributed by atoms with Gasteiger partial charge in [-0.05, 0) is 31.0 Å². The summed E-state index contributed by atoms with van der Waals surface area (Å²) >= 11 is 0. The number of benzene rings is 1. The molecule has 0 fully saturated rings. The highest BCUT2D eigenvalue weighted by molar-refractivity contribution is 5.37. The van der Waals surface area contributed by atoms with E-state index in [1.807, 2.05) is 6.07 Å². The molecule has 0 spiro atoms. The minimum absolute atomic E-state index is 0.241. The zero-order chi connectivity index (χ0) is 13.0. The van der Waals surface area contributed by atoms with Gasteiger partial charge in [0.2, 0.25) is 0 Å². The van der Waals surface area contributed by atoms with E-state index >= 15 is 0 Å². The van der Waals surface area contributed by atoms with Crippen LogP contribution in [-0.2, 0) is 6.42 Å². The number of para-hydroxylation sites is 1. The van der Waals surface area contributed by atoms with Crippen molar-refractivity contribution in [2.75, 3.05) is 6.54 Å². The number of hydrogen-bond donors (Lipinski definition) is 1. The lowest BCUT2D eigenvalue weighted by Gasteiger charge is -2.24. The van der Waals surface area contributed by atoms with Gasteiger partial charge in [0, 0.05) is 12.5 Å². The summed E-state index contributed by atoms with van der Waals surface area (Å²) in [5.41, 5.74) is 2.62. The van der Waals surface area contributed by atoms with Crippen LogP contribution in [0.15, 0.2) is 36.4 Å². The van der Waals surface area contributed by atoms with Gasteiger partial charge >= 0.3 is 0 Å². The Morgan fingerprint density at radius 3 is 2.89 bits per heavy atom. The molecule has 0 bridgehead atoms. The van der Waals surface area contributed by atoms with E-state index in [4.69, 9.17) is 4.74 Å². The predicted octanol–water partition coefficient (Wildman–Crippen LogP) is 3.32. The third kappa shape index (κ3) is 2.94. The van der Waals surface area contributed by atoms with E-state index in [9.17, 15) is 0 Å². The van der Waals surface area contributed by atoms with E-state index in [1.54, 1.807) is 0 Å². The topological polar surface area (TPSA) is 21.3 Å². The van der Waals surface area contributed by atoms with Crippen LogP contribution in [-0.4, -0.2) is 18.7 Å². The van der Waals surface area contributed by atoms with Crippen molar-refractivity contribution in [3.8, 4) is 5.75 Å². The quantitative estimate of drug-likeness (QED) is 0.776. The van der Waals surface area contributed by atoms with E-state index in [2.05, 4.69) is 43.9 Å². The van der Waals surface area contributed by atoms with Gasteiger partial charge in [0.1, 0.15) is 11.9 Å². The summed E-state index contributed by atoms with van der Waals surface area (Å²) in [6.45, 7) is 9.40.